The van der Waals surface area contributed by atoms with Crippen molar-refractivity contribution < 1.29 is 4.79 Å². The van der Waals surface area contributed by atoms with Crippen molar-refractivity contribution in [3.8, 4) is 0 Å². The van der Waals surface area contributed by atoms with E-state index in [1.807, 2.05) is 24.3 Å². The molecule has 0 atom stereocenters. The molecular weight excluding hydrogens is 542 g/mol. The van der Waals surface area contributed by atoms with Crippen LogP contribution in [0, 0.1) is 3.57 Å². The molecule has 1 heterocycles. The average Bonchev–Trinajstić information content (AvgIpc) is 2.70. The molecule has 0 unspecified atom stereocenters. The highest BCUT2D eigenvalue weighted by Crippen LogP contribution is 2.29. The van der Waals surface area contributed by atoms with Crippen molar-refractivity contribution in [3.63, 3.8) is 0 Å². The van der Waals surface area contributed by atoms with Crippen molar-refractivity contribution in [2.75, 3.05) is 42.9 Å². The lowest BCUT2D eigenvalue weighted by atomic mass is 10.2. The van der Waals surface area contributed by atoms with E-state index < -0.39 is 0 Å². The molecular formula is C20H21Cl2IN4OS. The first kappa shape index (κ1) is 22.6. The highest BCUT2D eigenvalue weighted by Gasteiger charge is 2.18. The van der Waals surface area contributed by atoms with E-state index in [2.05, 4.69) is 49.9 Å². The van der Waals surface area contributed by atoms with Gasteiger partial charge in [0.1, 0.15) is 0 Å². The van der Waals surface area contributed by atoms with Crippen LogP contribution >= 0.6 is 58.0 Å². The summed E-state index contributed by atoms with van der Waals surface area (Å²) in [5.74, 6) is -0.359. The molecule has 1 aliphatic heterocycles. The molecule has 0 radical (unpaired) electrons. The zero-order valence-electron chi connectivity index (χ0n) is 15.8. The predicted octanol–water partition coefficient (Wildman–Crippen LogP) is 4.87. The van der Waals surface area contributed by atoms with Crippen LogP contribution in [-0.4, -0.2) is 48.6 Å². The zero-order chi connectivity index (χ0) is 21.0. The van der Waals surface area contributed by atoms with E-state index in [1.54, 1.807) is 12.1 Å². The molecule has 154 valence electrons. The maximum absolute atomic E-state index is 12.4. The van der Waals surface area contributed by atoms with Gasteiger partial charge in [-0.25, -0.2) is 0 Å². The summed E-state index contributed by atoms with van der Waals surface area (Å²) in [5.41, 5.74) is 2.10. The van der Waals surface area contributed by atoms with Crippen LogP contribution in [0.5, 0.6) is 0 Å². The van der Waals surface area contributed by atoms with Crippen molar-refractivity contribution in [1.29, 1.82) is 0 Å². The molecule has 5 nitrogen and oxygen atoms in total. The molecule has 1 saturated heterocycles. The molecule has 9 heteroatoms. The monoisotopic (exact) mass is 562 g/mol. The lowest BCUT2D eigenvalue weighted by Gasteiger charge is -2.36. The summed E-state index contributed by atoms with van der Waals surface area (Å²) in [6.45, 7) is 7.21. The van der Waals surface area contributed by atoms with E-state index in [4.69, 9.17) is 35.4 Å². The minimum Gasteiger partial charge on any atom is -0.368 e. The van der Waals surface area contributed by atoms with Crippen molar-refractivity contribution in [2.45, 2.75) is 6.92 Å². The fraction of sp³-hybridized carbons (Fsp3) is 0.300. The van der Waals surface area contributed by atoms with Gasteiger partial charge in [0.05, 0.1) is 21.3 Å². The largest absolute Gasteiger partial charge is 0.368 e. The van der Waals surface area contributed by atoms with Gasteiger partial charge in [0.25, 0.3) is 5.91 Å². The molecule has 0 spiro atoms. The number of likely N-dealkylation sites (N-methyl/N-ethyl adjacent to an activating group) is 1. The number of hydrogen-bond donors (Lipinski definition) is 2. The molecule has 2 aromatic carbocycles. The number of nitrogens with one attached hydrogen (secondary N) is 2. The van der Waals surface area contributed by atoms with E-state index >= 15 is 0 Å². The minimum atomic E-state index is -0.359. The van der Waals surface area contributed by atoms with Gasteiger partial charge in [0, 0.05) is 35.4 Å². The fourth-order valence-corrected chi connectivity index (χ4v) is 4.36. The third kappa shape index (κ3) is 5.95. The maximum Gasteiger partial charge on any atom is 0.258 e. The van der Waals surface area contributed by atoms with Crippen molar-refractivity contribution in [3.05, 3.63) is 55.6 Å². The highest BCUT2D eigenvalue weighted by molar-refractivity contribution is 14.1. The Bertz CT molecular complexity index is 919. The molecule has 1 aliphatic rings. The number of carbonyl (C=O) groups excluding carboxylic acids is 1. The Morgan fingerprint density at radius 1 is 1.10 bits per heavy atom. The van der Waals surface area contributed by atoms with Crippen molar-refractivity contribution in [1.82, 2.24) is 10.2 Å². The number of nitrogens with zero attached hydrogens (tertiary/aromatic N) is 2. The summed E-state index contributed by atoms with van der Waals surface area (Å²) in [4.78, 5) is 17.1. The van der Waals surface area contributed by atoms with Gasteiger partial charge in [-0.1, -0.05) is 30.1 Å². The van der Waals surface area contributed by atoms with E-state index in [0.29, 0.717) is 21.3 Å². The van der Waals surface area contributed by atoms with Crippen molar-refractivity contribution in [2.24, 2.45) is 0 Å². The van der Waals surface area contributed by atoms with Crippen LogP contribution in [-0.2, 0) is 0 Å². The topological polar surface area (TPSA) is 47.6 Å². The van der Waals surface area contributed by atoms with Crippen LogP contribution in [0.2, 0.25) is 10.0 Å². The van der Waals surface area contributed by atoms with Gasteiger partial charge in [-0.3, -0.25) is 10.1 Å². The van der Waals surface area contributed by atoms with Gasteiger partial charge in [0.15, 0.2) is 5.11 Å². The zero-order valence-corrected chi connectivity index (χ0v) is 20.3. The Morgan fingerprint density at radius 3 is 2.48 bits per heavy atom. The van der Waals surface area contributed by atoms with Crippen molar-refractivity contribution >= 4 is 80.4 Å². The summed E-state index contributed by atoms with van der Waals surface area (Å²) in [7, 11) is 0. The molecule has 1 amide bonds. The first-order chi connectivity index (χ1) is 13.9. The summed E-state index contributed by atoms with van der Waals surface area (Å²) >= 11 is 20.0. The molecule has 1 fully saturated rings. The number of hydrogen-bond acceptors (Lipinski definition) is 4. The lowest BCUT2D eigenvalue weighted by Crippen LogP contribution is -2.46. The highest BCUT2D eigenvalue weighted by atomic mass is 127. The van der Waals surface area contributed by atoms with Crippen LogP contribution in [0.1, 0.15) is 17.3 Å². The summed E-state index contributed by atoms with van der Waals surface area (Å²) in [5, 5.41) is 6.87. The second kappa shape index (κ2) is 10.3. The van der Waals surface area contributed by atoms with Gasteiger partial charge in [-0.2, -0.15) is 0 Å². The van der Waals surface area contributed by atoms with E-state index in [0.717, 1.165) is 42.0 Å². The second-order valence-corrected chi connectivity index (χ2v) is 9.09. The van der Waals surface area contributed by atoms with E-state index in [-0.39, 0.29) is 11.0 Å². The number of halogens is 3. The van der Waals surface area contributed by atoms with E-state index in [9.17, 15) is 4.79 Å². The second-order valence-electron chi connectivity index (χ2n) is 6.62. The smallest absolute Gasteiger partial charge is 0.258 e. The molecule has 29 heavy (non-hydrogen) atoms. The Morgan fingerprint density at radius 2 is 1.83 bits per heavy atom. The molecule has 2 N–H and O–H groups in total. The standard InChI is InChI=1S/C20H21Cl2IN4OS/c1-2-26-7-9-27(10-8-26)18-6-4-14(12-17(18)22)24-20(29)25-19(28)15-11-13(23)3-5-16(15)21/h3-6,11-12H,2,7-10H2,1H3,(H2,24,25,28,29). The molecule has 0 aliphatic carbocycles. The summed E-state index contributed by atoms with van der Waals surface area (Å²) in [6.07, 6.45) is 0. The molecule has 0 aromatic heterocycles. The minimum absolute atomic E-state index is 0.185. The quantitative estimate of drug-likeness (QED) is 0.411. The average molecular weight is 563 g/mol. The van der Waals surface area contributed by atoms with E-state index in [1.165, 1.54) is 0 Å². The number of thiocarbonyl (C=S) groups is 1. The fourth-order valence-electron chi connectivity index (χ4n) is 3.15. The molecule has 0 bridgehead atoms. The number of anilines is 2. The summed E-state index contributed by atoms with van der Waals surface area (Å²) in [6, 6.07) is 10.9. The number of carbonyl (C=O) groups is 1. The Hall–Kier alpha value is -1.13. The van der Waals surface area contributed by atoms with Gasteiger partial charge < -0.3 is 15.1 Å². The summed E-state index contributed by atoms with van der Waals surface area (Å²) < 4.78 is 0.915. The first-order valence-corrected chi connectivity index (χ1v) is 11.5. The van der Waals surface area contributed by atoms with Crippen LogP contribution in [0.15, 0.2) is 36.4 Å². The van der Waals surface area contributed by atoms with Crippen LogP contribution < -0.4 is 15.5 Å². The predicted molar refractivity (Wildman–Crippen MR) is 134 cm³/mol. The van der Waals surface area contributed by atoms with Gasteiger partial charge in [-0.15, -0.1) is 0 Å². The molecule has 0 saturated carbocycles. The van der Waals surface area contributed by atoms with Crippen LogP contribution in [0.25, 0.3) is 0 Å². The van der Waals surface area contributed by atoms with Gasteiger partial charge in [0.2, 0.25) is 0 Å². The first-order valence-electron chi connectivity index (χ1n) is 9.21. The third-order valence-corrected chi connectivity index (χ3v) is 6.27. The lowest BCUT2D eigenvalue weighted by molar-refractivity contribution is 0.0978. The number of piperazine rings is 1. The molecule has 2 aromatic rings. The number of rotatable bonds is 4. The Kier molecular flexibility index (Phi) is 7.98. The third-order valence-electron chi connectivity index (χ3n) is 4.77. The Labute approximate surface area is 199 Å². The molecule has 3 rings (SSSR count). The number of benzene rings is 2. The normalized spacial score (nSPS) is 14.6. The van der Waals surface area contributed by atoms with Crippen LogP contribution in [0.4, 0.5) is 11.4 Å². The Balaban J connectivity index is 1.61. The maximum atomic E-state index is 12.4. The SMILES string of the molecule is CCN1CCN(c2ccc(NC(=S)NC(=O)c3cc(I)ccc3Cl)cc2Cl)CC1. The number of amides is 1. The van der Waals surface area contributed by atoms with Crippen LogP contribution in [0.3, 0.4) is 0 Å². The van der Waals surface area contributed by atoms with Gasteiger partial charge >= 0.3 is 0 Å². The van der Waals surface area contributed by atoms with Gasteiger partial charge in [-0.05, 0) is 77.8 Å².